The summed E-state index contributed by atoms with van der Waals surface area (Å²) in [5.74, 6) is -0.984. The van der Waals surface area contributed by atoms with Gasteiger partial charge in [0.25, 0.3) is 5.91 Å². The SMILES string of the molecule is O=C(NCC(F)(F)F)c1cccc(S(=O)(=O)NC2CCNC2)c1. The summed E-state index contributed by atoms with van der Waals surface area (Å²) in [4.78, 5) is 11.5. The van der Waals surface area contributed by atoms with E-state index in [0.29, 0.717) is 19.5 Å². The molecule has 1 fully saturated rings. The van der Waals surface area contributed by atoms with E-state index in [0.717, 1.165) is 6.07 Å². The van der Waals surface area contributed by atoms with Gasteiger partial charge in [-0.3, -0.25) is 4.79 Å². The summed E-state index contributed by atoms with van der Waals surface area (Å²) in [6.07, 6.45) is -3.89. The van der Waals surface area contributed by atoms with Crippen molar-refractivity contribution in [2.45, 2.75) is 23.5 Å². The topological polar surface area (TPSA) is 87.3 Å². The Morgan fingerprint density at radius 2 is 2.09 bits per heavy atom. The minimum atomic E-state index is -4.53. The van der Waals surface area contributed by atoms with Crippen molar-refractivity contribution in [1.29, 1.82) is 0 Å². The zero-order valence-corrected chi connectivity index (χ0v) is 12.8. The predicted octanol–water partition coefficient (Wildman–Crippen LogP) is 0.619. The Labute approximate surface area is 131 Å². The number of amides is 1. The molecular formula is C13H16F3N3O3S. The van der Waals surface area contributed by atoms with Gasteiger partial charge in [0, 0.05) is 18.2 Å². The molecule has 1 heterocycles. The molecule has 1 atom stereocenters. The molecule has 0 bridgehead atoms. The standard InChI is InChI=1S/C13H16F3N3O3S/c14-13(15,16)8-18-12(20)9-2-1-3-11(6-9)23(21,22)19-10-4-5-17-7-10/h1-3,6,10,17,19H,4-5,7-8H2,(H,18,20). The van der Waals surface area contributed by atoms with E-state index in [1.165, 1.54) is 18.2 Å². The Hall–Kier alpha value is -1.65. The van der Waals surface area contributed by atoms with Gasteiger partial charge in [-0.05, 0) is 31.2 Å². The van der Waals surface area contributed by atoms with Gasteiger partial charge < -0.3 is 10.6 Å². The first-order chi connectivity index (χ1) is 10.7. The number of alkyl halides is 3. The molecule has 1 aliphatic rings. The Bertz CT molecular complexity index is 671. The van der Waals surface area contributed by atoms with E-state index in [1.807, 2.05) is 0 Å². The monoisotopic (exact) mass is 351 g/mol. The van der Waals surface area contributed by atoms with Gasteiger partial charge in [-0.1, -0.05) is 6.07 Å². The van der Waals surface area contributed by atoms with Crippen molar-refractivity contribution in [1.82, 2.24) is 15.4 Å². The molecule has 0 aliphatic carbocycles. The van der Waals surface area contributed by atoms with Crippen molar-refractivity contribution in [3.63, 3.8) is 0 Å². The van der Waals surface area contributed by atoms with Gasteiger partial charge >= 0.3 is 6.18 Å². The molecule has 1 saturated heterocycles. The molecule has 128 valence electrons. The predicted molar refractivity (Wildman–Crippen MR) is 76.4 cm³/mol. The number of carbonyl (C=O) groups is 1. The van der Waals surface area contributed by atoms with Crippen LogP contribution in [0.2, 0.25) is 0 Å². The van der Waals surface area contributed by atoms with Gasteiger partial charge in [-0.25, -0.2) is 13.1 Å². The van der Waals surface area contributed by atoms with Crippen molar-refractivity contribution in [3.8, 4) is 0 Å². The Kier molecular flexibility index (Phi) is 5.27. The number of carbonyl (C=O) groups excluding carboxylic acids is 1. The fourth-order valence-corrected chi connectivity index (χ4v) is 3.45. The van der Waals surface area contributed by atoms with E-state index in [-0.39, 0.29) is 16.5 Å². The van der Waals surface area contributed by atoms with Gasteiger partial charge in [0.15, 0.2) is 0 Å². The van der Waals surface area contributed by atoms with Crippen molar-refractivity contribution in [3.05, 3.63) is 29.8 Å². The fraction of sp³-hybridized carbons (Fsp3) is 0.462. The summed E-state index contributed by atoms with van der Waals surface area (Å²) in [5, 5.41) is 4.71. The molecule has 0 saturated carbocycles. The maximum atomic E-state index is 12.2. The molecule has 3 N–H and O–H groups in total. The summed E-state index contributed by atoms with van der Waals surface area (Å²) < 4.78 is 63.3. The summed E-state index contributed by atoms with van der Waals surface area (Å²) in [5.41, 5.74) is -0.151. The van der Waals surface area contributed by atoms with Gasteiger partial charge in [0.1, 0.15) is 6.54 Å². The van der Waals surface area contributed by atoms with Gasteiger partial charge in [0.2, 0.25) is 10.0 Å². The molecule has 2 rings (SSSR count). The van der Waals surface area contributed by atoms with Crippen LogP contribution in [0.25, 0.3) is 0 Å². The largest absolute Gasteiger partial charge is 0.405 e. The lowest BCUT2D eigenvalue weighted by Crippen LogP contribution is -2.36. The number of hydrogen-bond donors (Lipinski definition) is 3. The first-order valence-electron chi connectivity index (χ1n) is 6.85. The van der Waals surface area contributed by atoms with Crippen molar-refractivity contribution >= 4 is 15.9 Å². The summed E-state index contributed by atoms with van der Waals surface area (Å²) in [6, 6.07) is 4.65. The second-order valence-corrected chi connectivity index (χ2v) is 6.85. The number of hydrogen-bond acceptors (Lipinski definition) is 4. The van der Waals surface area contributed by atoms with Crippen LogP contribution in [0.1, 0.15) is 16.8 Å². The summed E-state index contributed by atoms with van der Waals surface area (Å²) in [7, 11) is -3.84. The zero-order valence-electron chi connectivity index (χ0n) is 12.0. The first-order valence-corrected chi connectivity index (χ1v) is 8.34. The van der Waals surface area contributed by atoms with E-state index in [2.05, 4.69) is 10.0 Å². The Balaban J connectivity index is 2.10. The minimum absolute atomic E-state index is 0.151. The lowest BCUT2D eigenvalue weighted by molar-refractivity contribution is -0.123. The summed E-state index contributed by atoms with van der Waals surface area (Å²) >= 11 is 0. The average Bonchev–Trinajstić information content (AvgIpc) is 2.96. The molecule has 1 unspecified atom stereocenters. The second-order valence-electron chi connectivity index (χ2n) is 5.14. The Morgan fingerprint density at radius 3 is 2.70 bits per heavy atom. The molecule has 1 amide bonds. The molecule has 6 nitrogen and oxygen atoms in total. The smallest absolute Gasteiger partial charge is 0.343 e. The normalized spacial score (nSPS) is 18.8. The van der Waals surface area contributed by atoms with Crippen molar-refractivity contribution in [2.75, 3.05) is 19.6 Å². The third-order valence-electron chi connectivity index (χ3n) is 3.24. The second kappa shape index (κ2) is 6.85. The molecule has 0 spiro atoms. The van der Waals surface area contributed by atoms with E-state index in [1.54, 1.807) is 5.32 Å². The lowest BCUT2D eigenvalue weighted by atomic mass is 10.2. The molecule has 1 aromatic carbocycles. The molecular weight excluding hydrogens is 335 g/mol. The maximum absolute atomic E-state index is 12.2. The van der Waals surface area contributed by atoms with Crippen LogP contribution in [0, 0.1) is 0 Å². The highest BCUT2D eigenvalue weighted by molar-refractivity contribution is 7.89. The third-order valence-corrected chi connectivity index (χ3v) is 4.76. The van der Waals surface area contributed by atoms with Crippen molar-refractivity contribution < 1.29 is 26.4 Å². The van der Waals surface area contributed by atoms with Crippen LogP contribution < -0.4 is 15.4 Å². The van der Waals surface area contributed by atoms with E-state index in [4.69, 9.17) is 0 Å². The number of benzene rings is 1. The summed E-state index contributed by atoms with van der Waals surface area (Å²) in [6.45, 7) is -0.271. The van der Waals surface area contributed by atoms with Crippen LogP contribution in [0.5, 0.6) is 0 Å². The minimum Gasteiger partial charge on any atom is -0.343 e. The number of nitrogens with one attached hydrogen (secondary N) is 3. The van der Waals surface area contributed by atoms with Crippen molar-refractivity contribution in [2.24, 2.45) is 0 Å². The number of sulfonamides is 1. The van der Waals surface area contributed by atoms with Crippen LogP contribution in [0.15, 0.2) is 29.2 Å². The molecule has 0 radical (unpaired) electrons. The molecule has 1 aromatic rings. The highest BCUT2D eigenvalue weighted by Gasteiger charge is 2.28. The average molecular weight is 351 g/mol. The zero-order chi connectivity index (χ0) is 17.1. The van der Waals surface area contributed by atoms with E-state index >= 15 is 0 Å². The van der Waals surface area contributed by atoms with Crippen LogP contribution in [0.3, 0.4) is 0 Å². The first kappa shape index (κ1) is 17.7. The van der Waals surface area contributed by atoms with Gasteiger partial charge in [-0.2, -0.15) is 13.2 Å². The fourth-order valence-electron chi connectivity index (χ4n) is 2.13. The highest BCUT2D eigenvalue weighted by atomic mass is 32.2. The van der Waals surface area contributed by atoms with Crippen LogP contribution in [0.4, 0.5) is 13.2 Å². The number of rotatable bonds is 5. The van der Waals surface area contributed by atoms with Crippen LogP contribution in [-0.4, -0.2) is 46.2 Å². The van der Waals surface area contributed by atoms with Crippen LogP contribution in [-0.2, 0) is 10.0 Å². The molecule has 10 heteroatoms. The van der Waals surface area contributed by atoms with E-state index < -0.39 is 28.7 Å². The molecule has 1 aliphatic heterocycles. The van der Waals surface area contributed by atoms with E-state index in [9.17, 15) is 26.4 Å². The van der Waals surface area contributed by atoms with Gasteiger partial charge in [-0.15, -0.1) is 0 Å². The lowest BCUT2D eigenvalue weighted by Gasteiger charge is -2.13. The van der Waals surface area contributed by atoms with Crippen LogP contribution >= 0.6 is 0 Å². The number of halogens is 3. The van der Waals surface area contributed by atoms with Gasteiger partial charge in [0.05, 0.1) is 4.90 Å². The highest BCUT2D eigenvalue weighted by Crippen LogP contribution is 2.15. The third kappa shape index (κ3) is 5.19. The molecule has 0 aromatic heterocycles. The quantitative estimate of drug-likeness (QED) is 0.726. The molecule has 23 heavy (non-hydrogen) atoms. The Morgan fingerprint density at radius 1 is 1.35 bits per heavy atom. The maximum Gasteiger partial charge on any atom is 0.405 e.